The normalized spacial score (nSPS) is 14.1. The highest BCUT2D eigenvalue weighted by Crippen LogP contribution is 2.14. The van der Waals surface area contributed by atoms with Crippen molar-refractivity contribution in [3.8, 4) is 0 Å². The van der Waals surface area contributed by atoms with Gasteiger partial charge in [0.25, 0.3) is 0 Å². The Morgan fingerprint density at radius 3 is 2.50 bits per heavy atom. The first kappa shape index (κ1) is 12.1. The van der Waals surface area contributed by atoms with Crippen LogP contribution in [0, 0.1) is 0 Å². The van der Waals surface area contributed by atoms with Gasteiger partial charge in [0.2, 0.25) is 5.91 Å². The third kappa shape index (κ3) is 4.21. The minimum Gasteiger partial charge on any atom is -0.349 e. The summed E-state index contributed by atoms with van der Waals surface area (Å²) in [4.78, 5) is 11.2. The summed E-state index contributed by atoms with van der Waals surface area (Å²) in [5, 5.41) is 2.80. The zero-order chi connectivity index (χ0) is 9.78. The van der Waals surface area contributed by atoms with Crippen molar-refractivity contribution in [2.75, 3.05) is 12.0 Å². The summed E-state index contributed by atoms with van der Waals surface area (Å²) in [5.74, 6) is 0.535. The lowest BCUT2D eigenvalue weighted by Crippen LogP contribution is -2.49. The molecule has 0 aliphatic rings. The van der Waals surface area contributed by atoms with Crippen LogP contribution in [0.15, 0.2) is 0 Å². The second kappa shape index (κ2) is 4.97. The second-order valence-electron chi connectivity index (χ2n) is 3.32. The molecule has 0 aromatic carbocycles. The Morgan fingerprint density at radius 2 is 2.17 bits per heavy atom. The summed E-state index contributed by atoms with van der Waals surface area (Å²) in [5.41, 5.74) is -0.325. The van der Waals surface area contributed by atoms with Gasteiger partial charge in [-0.2, -0.15) is 11.8 Å². The average Bonchev–Trinajstić information content (AvgIpc) is 1.85. The second-order valence-corrected chi connectivity index (χ2v) is 4.84. The van der Waals surface area contributed by atoms with E-state index in [4.69, 9.17) is 11.6 Å². The van der Waals surface area contributed by atoms with Crippen LogP contribution in [0.3, 0.4) is 0 Å². The van der Waals surface area contributed by atoms with Crippen molar-refractivity contribution < 1.29 is 4.79 Å². The predicted octanol–water partition coefficient (Wildman–Crippen LogP) is 1.87. The van der Waals surface area contributed by atoms with Crippen LogP contribution in [-0.4, -0.2) is 28.8 Å². The molecule has 0 radical (unpaired) electrons. The van der Waals surface area contributed by atoms with Crippen LogP contribution in [-0.2, 0) is 4.79 Å². The lowest BCUT2D eigenvalue weighted by Gasteiger charge is -2.28. The Labute approximate surface area is 83.4 Å². The molecule has 0 saturated carbocycles. The quantitative estimate of drug-likeness (QED) is 0.717. The SMILES string of the molecule is CSCC(=O)NC(C)(C)C(C)Cl. The van der Waals surface area contributed by atoms with E-state index < -0.39 is 0 Å². The first-order valence-electron chi connectivity index (χ1n) is 3.84. The third-order valence-electron chi connectivity index (χ3n) is 1.73. The molecule has 0 aromatic rings. The molecule has 0 saturated heterocycles. The van der Waals surface area contributed by atoms with Gasteiger partial charge in [-0.05, 0) is 27.0 Å². The number of nitrogens with one attached hydrogen (secondary N) is 1. The van der Waals surface area contributed by atoms with Crippen LogP contribution >= 0.6 is 23.4 Å². The maximum Gasteiger partial charge on any atom is 0.230 e. The minimum absolute atomic E-state index is 0.0417. The van der Waals surface area contributed by atoms with Crippen LogP contribution in [0.4, 0.5) is 0 Å². The van der Waals surface area contributed by atoms with Gasteiger partial charge in [-0.1, -0.05) is 0 Å². The summed E-state index contributed by atoms with van der Waals surface area (Å²) in [7, 11) is 0. The van der Waals surface area contributed by atoms with Crippen molar-refractivity contribution in [2.24, 2.45) is 0 Å². The average molecular weight is 210 g/mol. The zero-order valence-corrected chi connectivity index (χ0v) is 9.55. The monoisotopic (exact) mass is 209 g/mol. The molecule has 1 amide bonds. The first-order valence-corrected chi connectivity index (χ1v) is 5.67. The largest absolute Gasteiger partial charge is 0.349 e. The molecule has 0 fully saturated rings. The van der Waals surface area contributed by atoms with Crippen LogP contribution in [0.2, 0.25) is 0 Å². The number of amides is 1. The maximum atomic E-state index is 11.2. The molecule has 0 bridgehead atoms. The zero-order valence-electron chi connectivity index (χ0n) is 7.98. The van der Waals surface area contributed by atoms with Gasteiger partial charge in [-0.15, -0.1) is 11.6 Å². The number of thioether (sulfide) groups is 1. The Balaban J connectivity index is 3.97. The molecule has 1 N–H and O–H groups in total. The van der Waals surface area contributed by atoms with Crippen molar-refractivity contribution in [1.82, 2.24) is 5.32 Å². The topological polar surface area (TPSA) is 29.1 Å². The molecule has 0 aliphatic carbocycles. The van der Waals surface area contributed by atoms with Gasteiger partial charge < -0.3 is 5.32 Å². The Bertz CT molecular complexity index is 159. The summed E-state index contributed by atoms with van der Waals surface area (Å²) < 4.78 is 0. The Morgan fingerprint density at radius 1 is 1.67 bits per heavy atom. The number of hydrogen-bond acceptors (Lipinski definition) is 2. The van der Waals surface area contributed by atoms with Gasteiger partial charge in [0, 0.05) is 0 Å². The van der Waals surface area contributed by atoms with Crippen LogP contribution in [0.1, 0.15) is 20.8 Å². The van der Waals surface area contributed by atoms with Gasteiger partial charge in [-0.3, -0.25) is 4.79 Å². The Hall–Kier alpha value is 0.110. The smallest absolute Gasteiger partial charge is 0.230 e. The molecule has 12 heavy (non-hydrogen) atoms. The van der Waals surface area contributed by atoms with E-state index in [1.54, 1.807) is 0 Å². The highest BCUT2D eigenvalue weighted by atomic mass is 35.5. The fourth-order valence-electron chi connectivity index (χ4n) is 0.626. The number of halogens is 1. The van der Waals surface area contributed by atoms with E-state index >= 15 is 0 Å². The maximum absolute atomic E-state index is 11.2. The van der Waals surface area contributed by atoms with E-state index in [1.165, 1.54) is 11.8 Å². The van der Waals surface area contributed by atoms with Crippen molar-refractivity contribution >= 4 is 29.3 Å². The molecule has 0 rings (SSSR count). The molecule has 2 nitrogen and oxygen atoms in total. The number of hydrogen-bond donors (Lipinski definition) is 1. The van der Waals surface area contributed by atoms with Gasteiger partial charge in [-0.25, -0.2) is 0 Å². The van der Waals surface area contributed by atoms with Gasteiger partial charge >= 0.3 is 0 Å². The van der Waals surface area contributed by atoms with Crippen LogP contribution in [0.5, 0.6) is 0 Å². The summed E-state index contributed by atoms with van der Waals surface area (Å²) in [6.07, 6.45) is 1.90. The molecule has 0 spiro atoms. The van der Waals surface area contributed by atoms with Crippen LogP contribution < -0.4 is 5.32 Å². The van der Waals surface area contributed by atoms with E-state index in [9.17, 15) is 4.79 Å². The van der Waals surface area contributed by atoms with Crippen molar-refractivity contribution in [1.29, 1.82) is 0 Å². The van der Waals surface area contributed by atoms with E-state index in [0.717, 1.165) is 0 Å². The number of carbonyl (C=O) groups is 1. The van der Waals surface area contributed by atoms with Gasteiger partial charge in [0.05, 0.1) is 16.7 Å². The molecule has 0 aromatic heterocycles. The third-order valence-corrected chi connectivity index (χ3v) is 2.83. The molecular weight excluding hydrogens is 194 g/mol. The Kier molecular flexibility index (Phi) is 5.02. The fraction of sp³-hybridized carbons (Fsp3) is 0.875. The lowest BCUT2D eigenvalue weighted by atomic mass is 10.0. The van der Waals surface area contributed by atoms with Crippen molar-refractivity contribution in [3.63, 3.8) is 0 Å². The predicted molar refractivity (Wildman–Crippen MR) is 55.9 cm³/mol. The standard InChI is InChI=1S/C8H16ClNOS/c1-6(9)8(2,3)10-7(11)5-12-4/h6H,5H2,1-4H3,(H,10,11). The summed E-state index contributed by atoms with van der Waals surface area (Å²) in [6.45, 7) is 5.71. The number of carbonyl (C=O) groups excluding carboxylic acids is 1. The first-order chi connectivity index (χ1) is 5.40. The van der Waals surface area contributed by atoms with E-state index in [0.29, 0.717) is 5.75 Å². The van der Waals surface area contributed by atoms with Crippen molar-refractivity contribution in [3.05, 3.63) is 0 Å². The molecule has 1 atom stereocenters. The molecule has 1 unspecified atom stereocenters. The summed E-state index contributed by atoms with van der Waals surface area (Å²) >= 11 is 7.40. The van der Waals surface area contributed by atoms with E-state index in [1.807, 2.05) is 27.0 Å². The highest BCUT2D eigenvalue weighted by Gasteiger charge is 2.25. The number of alkyl halides is 1. The molecule has 72 valence electrons. The molecule has 0 heterocycles. The van der Waals surface area contributed by atoms with Crippen LogP contribution in [0.25, 0.3) is 0 Å². The van der Waals surface area contributed by atoms with E-state index in [-0.39, 0.29) is 16.8 Å². The lowest BCUT2D eigenvalue weighted by molar-refractivity contribution is -0.120. The molecule has 0 aliphatic heterocycles. The van der Waals surface area contributed by atoms with Crippen molar-refractivity contribution in [2.45, 2.75) is 31.7 Å². The minimum atomic E-state index is -0.325. The van der Waals surface area contributed by atoms with E-state index in [2.05, 4.69) is 5.32 Å². The fourth-order valence-corrected chi connectivity index (χ4v) is 1.01. The number of rotatable bonds is 4. The summed E-state index contributed by atoms with van der Waals surface area (Å²) in [6, 6.07) is 0. The van der Waals surface area contributed by atoms with Gasteiger partial charge in [0.1, 0.15) is 0 Å². The molecular formula is C8H16ClNOS. The molecule has 4 heteroatoms. The highest BCUT2D eigenvalue weighted by molar-refractivity contribution is 7.99. The van der Waals surface area contributed by atoms with Gasteiger partial charge in [0.15, 0.2) is 0 Å².